The van der Waals surface area contributed by atoms with E-state index in [4.69, 9.17) is 0 Å². The minimum Gasteiger partial charge on any atom is -0.346 e. The number of rotatable bonds is 5. The second-order valence-corrected chi connectivity index (χ2v) is 6.25. The molecule has 1 fully saturated rings. The first-order valence-corrected chi connectivity index (χ1v) is 8.22. The molecule has 128 valence electrons. The summed E-state index contributed by atoms with van der Waals surface area (Å²) in [5.74, 6) is -0.227. The molecule has 3 aromatic rings. The first kappa shape index (κ1) is 15.6. The van der Waals surface area contributed by atoms with Gasteiger partial charge in [-0.05, 0) is 43.2 Å². The molecule has 1 aromatic carbocycles. The van der Waals surface area contributed by atoms with E-state index in [9.17, 15) is 9.18 Å². The number of hydrogen-bond acceptors (Lipinski definition) is 3. The quantitative estimate of drug-likeness (QED) is 0.777. The van der Waals surface area contributed by atoms with Crippen LogP contribution in [0.1, 0.15) is 40.5 Å². The Morgan fingerprint density at radius 3 is 2.92 bits per heavy atom. The molecule has 0 atom stereocenters. The molecule has 6 nitrogen and oxygen atoms in total. The van der Waals surface area contributed by atoms with Crippen LogP contribution >= 0.6 is 0 Å². The number of carbonyl (C=O) groups excluding carboxylic acids is 1. The summed E-state index contributed by atoms with van der Waals surface area (Å²) >= 11 is 0. The fourth-order valence-corrected chi connectivity index (χ4v) is 2.96. The maximum absolute atomic E-state index is 13.6. The van der Waals surface area contributed by atoms with Crippen molar-refractivity contribution in [2.75, 3.05) is 0 Å². The lowest BCUT2D eigenvalue weighted by atomic mass is 10.1. The van der Waals surface area contributed by atoms with Crippen LogP contribution in [0.2, 0.25) is 0 Å². The zero-order valence-corrected chi connectivity index (χ0v) is 13.8. The van der Waals surface area contributed by atoms with E-state index in [1.807, 2.05) is 17.8 Å². The molecule has 0 spiro atoms. The number of aryl methyl sites for hydroxylation is 1. The second-order valence-electron chi connectivity index (χ2n) is 6.25. The van der Waals surface area contributed by atoms with Crippen molar-refractivity contribution in [3.05, 3.63) is 65.5 Å². The molecule has 1 saturated carbocycles. The summed E-state index contributed by atoms with van der Waals surface area (Å²) in [4.78, 5) is 12.6. The number of carbonyl (C=O) groups is 1. The predicted octanol–water partition coefficient (Wildman–Crippen LogP) is 2.55. The van der Waals surface area contributed by atoms with Crippen LogP contribution in [0.25, 0.3) is 5.69 Å². The average molecular weight is 339 g/mol. The maximum atomic E-state index is 13.6. The number of benzene rings is 1. The number of halogens is 1. The molecule has 1 N–H and O–H groups in total. The first-order valence-electron chi connectivity index (χ1n) is 8.22. The van der Waals surface area contributed by atoms with E-state index in [-0.39, 0.29) is 11.5 Å². The van der Waals surface area contributed by atoms with E-state index in [2.05, 4.69) is 15.5 Å². The van der Waals surface area contributed by atoms with Gasteiger partial charge in [-0.1, -0.05) is 0 Å². The number of nitrogens with zero attached hydrogens (tertiary/aromatic N) is 4. The van der Waals surface area contributed by atoms with Crippen molar-refractivity contribution < 1.29 is 9.18 Å². The Labute approximate surface area is 144 Å². The number of hydrogen-bond donors (Lipinski definition) is 1. The predicted molar refractivity (Wildman–Crippen MR) is 89.9 cm³/mol. The molecule has 1 amide bonds. The molecule has 25 heavy (non-hydrogen) atoms. The monoisotopic (exact) mass is 339 g/mol. The highest BCUT2D eigenvalue weighted by Crippen LogP contribution is 2.39. The van der Waals surface area contributed by atoms with Crippen LogP contribution in [0.5, 0.6) is 0 Å². The van der Waals surface area contributed by atoms with Crippen LogP contribution in [0.4, 0.5) is 4.39 Å². The summed E-state index contributed by atoms with van der Waals surface area (Å²) in [5.41, 5.74) is 2.77. The van der Waals surface area contributed by atoms with Gasteiger partial charge < -0.3 is 5.32 Å². The van der Waals surface area contributed by atoms with Gasteiger partial charge in [-0.25, -0.2) is 9.07 Å². The molecule has 0 unspecified atom stereocenters. The van der Waals surface area contributed by atoms with Crippen molar-refractivity contribution >= 4 is 5.91 Å². The van der Waals surface area contributed by atoms with Gasteiger partial charge in [0, 0.05) is 31.1 Å². The van der Waals surface area contributed by atoms with Crippen LogP contribution in [0, 0.1) is 5.82 Å². The molecule has 7 heteroatoms. The fourth-order valence-electron chi connectivity index (χ4n) is 2.96. The van der Waals surface area contributed by atoms with E-state index >= 15 is 0 Å². The molecular weight excluding hydrogens is 321 g/mol. The van der Waals surface area contributed by atoms with Crippen molar-refractivity contribution in [1.82, 2.24) is 24.9 Å². The zero-order valence-electron chi connectivity index (χ0n) is 13.8. The van der Waals surface area contributed by atoms with Gasteiger partial charge in [0.15, 0.2) is 0 Å². The van der Waals surface area contributed by atoms with Crippen molar-refractivity contribution in [2.24, 2.45) is 7.05 Å². The third-order valence-electron chi connectivity index (χ3n) is 4.35. The second kappa shape index (κ2) is 6.16. The summed E-state index contributed by atoms with van der Waals surface area (Å²) < 4.78 is 17.1. The highest BCUT2D eigenvalue weighted by Gasteiger charge is 2.27. The number of aromatic nitrogens is 4. The van der Waals surface area contributed by atoms with Gasteiger partial charge in [-0.15, -0.1) is 0 Å². The number of amides is 1. The lowest BCUT2D eigenvalue weighted by Gasteiger charge is -2.10. The Balaban J connectivity index is 1.53. The third kappa shape index (κ3) is 3.17. The van der Waals surface area contributed by atoms with E-state index in [1.54, 1.807) is 29.2 Å². The average Bonchev–Trinajstić information content (AvgIpc) is 3.15. The normalized spacial score (nSPS) is 13.8. The molecular formula is C18H18FN5O. The molecule has 0 aliphatic heterocycles. The summed E-state index contributed by atoms with van der Waals surface area (Å²) in [6.07, 6.45) is 5.72. The number of nitrogens with one attached hydrogen (secondary N) is 1. The van der Waals surface area contributed by atoms with Crippen LogP contribution < -0.4 is 5.32 Å². The van der Waals surface area contributed by atoms with Gasteiger partial charge in [-0.2, -0.15) is 10.2 Å². The SMILES string of the molecule is Cn1nc(CNC(=O)c2cc(F)ccc2-n2cccn2)cc1C1CC1. The molecule has 1 aliphatic carbocycles. The molecule has 0 saturated heterocycles. The highest BCUT2D eigenvalue weighted by molar-refractivity contribution is 5.97. The Morgan fingerprint density at radius 1 is 1.36 bits per heavy atom. The maximum Gasteiger partial charge on any atom is 0.253 e. The topological polar surface area (TPSA) is 64.7 Å². The standard InChI is InChI=1S/C18H18FN5O/c1-23-17(12-3-4-12)10-14(22-23)11-20-18(25)15-9-13(19)5-6-16(15)24-8-2-7-21-24/h2,5-10,12H,3-4,11H2,1H3,(H,20,25). The summed E-state index contributed by atoms with van der Waals surface area (Å²) in [5, 5.41) is 11.4. The lowest BCUT2D eigenvalue weighted by Crippen LogP contribution is -2.24. The molecule has 2 heterocycles. The van der Waals surface area contributed by atoms with E-state index < -0.39 is 5.82 Å². The fraction of sp³-hybridized carbons (Fsp3) is 0.278. The van der Waals surface area contributed by atoms with Crippen molar-refractivity contribution in [3.8, 4) is 5.69 Å². The van der Waals surface area contributed by atoms with E-state index in [1.165, 1.54) is 30.7 Å². The molecule has 0 bridgehead atoms. The van der Waals surface area contributed by atoms with Crippen molar-refractivity contribution in [1.29, 1.82) is 0 Å². The highest BCUT2D eigenvalue weighted by atomic mass is 19.1. The Bertz CT molecular complexity index is 912. The first-order chi connectivity index (χ1) is 12.1. The summed E-state index contributed by atoms with van der Waals surface area (Å²) in [6, 6.07) is 7.86. The van der Waals surface area contributed by atoms with Crippen LogP contribution in [-0.4, -0.2) is 25.5 Å². The van der Waals surface area contributed by atoms with E-state index in [0.717, 1.165) is 5.69 Å². The van der Waals surface area contributed by atoms with Gasteiger partial charge in [0.25, 0.3) is 5.91 Å². The van der Waals surface area contributed by atoms with Crippen LogP contribution in [0.15, 0.2) is 42.7 Å². The molecule has 2 aromatic heterocycles. The molecule has 0 radical (unpaired) electrons. The van der Waals surface area contributed by atoms with Crippen LogP contribution in [0.3, 0.4) is 0 Å². The van der Waals surface area contributed by atoms with Crippen LogP contribution in [-0.2, 0) is 13.6 Å². The Kier molecular flexibility index (Phi) is 3.83. The summed E-state index contributed by atoms with van der Waals surface area (Å²) in [6.45, 7) is 0.300. The Morgan fingerprint density at radius 2 is 2.20 bits per heavy atom. The van der Waals surface area contributed by atoms with Gasteiger partial charge in [0.1, 0.15) is 5.82 Å². The molecule has 4 rings (SSSR count). The zero-order chi connectivity index (χ0) is 17.4. The third-order valence-corrected chi connectivity index (χ3v) is 4.35. The molecule has 1 aliphatic rings. The van der Waals surface area contributed by atoms with Gasteiger partial charge >= 0.3 is 0 Å². The van der Waals surface area contributed by atoms with Crippen molar-refractivity contribution in [2.45, 2.75) is 25.3 Å². The lowest BCUT2D eigenvalue weighted by molar-refractivity contribution is 0.0949. The largest absolute Gasteiger partial charge is 0.346 e. The summed E-state index contributed by atoms with van der Waals surface area (Å²) in [7, 11) is 1.92. The van der Waals surface area contributed by atoms with Gasteiger partial charge in [0.05, 0.1) is 23.5 Å². The van der Waals surface area contributed by atoms with E-state index in [0.29, 0.717) is 18.2 Å². The van der Waals surface area contributed by atoms with Gasteiger partial charge in [-0.3, -0.25) is 9.48 Å². The smallest absolute Gasteiger partial charge is 0.253 e. The van der Waals surface area contributed by atoms with Gasteiger partial charge in [0.2, 0.25) is 0 Å². The minimum absolute atomic E-state index is 0.238. The van der Waals surface area contributed by atoms with Crippen molar-refractivity contribution in [3.63, 3.8) is 0 Å². The Hall–Kier alpha value is -2.96. The minimum atomic E-state index is -0.463.